The summed E-state index contributed by atoms with van der Waals surface area (Å²) < 4.78 is 0. The molecule has 0 radical (unpaired) electrons. The summed E-state index contributed by atoms with van der Waals surface area (Å²) in [5.74, 6) is 0.0803. The van der Waals surface area contributed by atoms with Gasteiger partial charge in [0.15, 0.2) is 5.78 Å². The Hall–Kier alpha value is -3.29. The molecule has 2 atom stereocenters. The van der Waals surface area contributed by atoms with Crippen LogP contribution in [0.3, 0.4) is 0 Å². The van der Waals surface area contributed by atoms with E-state index < -0.39 is 0 Å². The lowest BCUT2D eigenvalue weighted by Crippen LogP contribution is -2.43. The average Bonchev–Trinajstić information content (AvgIpc) is 3.23. The van der Waals surface area contributed by atoms with Crippen LogP contribution >= 0.6 is 0 Å². The number of nitrogens with zero attached hydrogens (tertiary/aromatic N) is 2. The number of benzene rings is 1. The van der Waals surface area contributed by atoms with Crippen LogP contribution in [0.4, 0.5) is 0 Å². The molecule has 2 aromatic rings. The second-order valence-electron chi connectivity index (χ2n) is 9.54. The second-order valence-corrected chi connectivity index (χ2v) is 9.54. The second kappa shape index (κ2) is 13.7. The van der Waals surface area contributed by atoms with Crippen LogP contribution in [-0.2, 0) is 4.79 Å². The number of aromatic nitrogens is 1. The third kappa shape index (κ3) is 8.14. The number of amides is 1. The summed E-state index contributed by atoms with van der Waals surface area (Å²) in [5, 5.41) is 3.08. The molecular formula is C29H39N5O2. The molecule has 2 heterocycles. The summed E-state index contributed by atoms with van der Waals surface area (Å²) in [5.41, 5.74) is 11.6. The Morgan fingerprint density at radius 1 is 1.19 bits per heavy atom. The van der Waals surface area contributed by atoms with Gasteiger partial charge in [-0.15, -0.1) is 0 Å². The summed E-state index contributed by atoms with van der Waals surface area (Å²) in [6.07, 6.45) is 9.75. The Morgan fingerprint density at radius 2 is 1.97 bits per heavy atom. The fraction of sp³-hybridized carbons (Fsp3) is 0.414. The number of allylic oxidation sites excluding steroid dienone is 1. The van der Waals surface area contributed by atoms with Crippen molar-refractivity contribution in [3.63, 3.8) is 0 Å². The lowest BCUT2D eigenvalue weighted by Gasteiger charge is -2.25. The zero-order valence-electron chi connectivity index (χ0n) is 21.9. The van der Waals surface area contributed by atoms with Crippen LogP contribution in [0.2, 0.25) is 0 Å². The predicted octanol–water partition coefficient (Wildman–Crippen LogP) is 4.25. The van der Waals surface area contributed by atoms with Crippen molar-refractivity contribution < 1.29 is 9.59 Å². The number of hydrogen-bond donors (Lipinski definition) is 3. The van der Waals surface area contributed by atoms with Gasteiger partial charge in [-0.05, 0) is 69.1 Å². The largest absolute Gasteiger partial charge is 0.352 e. The molecule has 2 unspecified atom stereocenters. The number of hydrogen-bond acceptors (Lipinski definition) is 6. The summed E-state index contributed by atoms with van der Waals surface area (Å²) >= 11 is 0. The topological polar surface area (TPSA) is 86.4 Å². The number of unbranched alkanes of at least 4 members (excludes halogenated alkanes) is 1. The molecule has 0 saturated heterocycles. The van der Waals surface area contributed by atoms with Gasteiger partial charge >= 0.3 is 0 Å². The van der Waals surface area contributed by atoms with E-state index in [9.17, 15) is 9.59 Å². The number of carbonyl (C=O) groups is 2. The molecule has 0 aliphatic carbocycles. The summed E-state index contributed by atoms with van der Waals surface area (Å²) in [6.45, 7) is 10.0. The van der Waals surface area contributed by atoms with Crippen molar-refractivity contribution in [1.82, 2.24) is 26.1 Å². The Labute approximate surface area is 215 Å². The minimum absolute atomic E-state index is 0.0332. The van der Waals surface area contributed by atoms with Crippen LogP contribution in [0.1, 0.15) is 67.6 Å². The van der Waals surface area contributed by atoms with Gasteiger partial charge in [0, 0.05) is 42.7 Å². The molecule has 0 saturated carbocycles. The van der Waals surface area contributed by atoms with E-state index >= 15 is 0 Å². The summed E-state index contributed by atoms with van der Waals surface area (Å²) in [4.78, 5) is 31.6. The third-order valence-electron chi connectivity index (χ3n) is 6.31. The normalized spacial score (nSPS) is 16.4. The predicted molar refractivity (Wildman–Crippen MR) is 144 cm³/mol. The van der Waals surface area contributed by atoms with E-state index in [0.717, 1.165) is 47.3 Å². The molecule has 0 bridgehead atoms. The number of aryl methyl sites for hydroxylation is 1. The highest BCUT2D eigenvalue weighted by Gasteiger charge is 2.21. The molecule has 0 fully saturated rings. The van der Waals surface area contributed by atoms with Gasteiger partial charge in [0.05, 0.1) is 12.6 Å². The van der Waals surface area contributed by atoms with Crippen LogP contribution in [0, 0.1) is 6.92 Å². The van der Waals surface area contributed by atoms with E-state index in [1.165, 1.54) is 0 Å². The van der Waals surface area contributed by atoms with E-state index in [-0.39, 0.29) is 23.8 Å². The average molecular weight is 490 g/mol. The van der Waals surface area contributed by atoms with E-state index in [0.29, 0.717) is 19.5 Å². The van der Waals surface area contributed by atoms with Gasteiger partial charge in [-0.2, -0.15) is 0 Å². The molecule has 3 N–H and O–H groups in total. The van der Waals surface area contributed by atoms with Crippen molar-refractivity contribution in [2.24, 2.45) is 0 Å². The fourth-order valence-electron chi connectivity index (χ4n) is 4.35. The Morgan fingerprint density at radius 3 is 2.69 bits per heavy atom. The molecule has 0 spiro atoms. The van der Waals surface area contributed by atoms with Crippen molar-refractivity contribution in [1.29, 1.82) is 0 Å². The molecule has 7 heteroatoms. The number of hydrazine groups is 1. The first-order valence-electron chi connectivity index (χ1n) is 12.8. The van der Waals surface area contributed by atoms with Gasteiger partial charge in [-0.1, -0.05) is 43.2 Å². The zero-order chi connectivity index (χ0) is 25.9. The molecule has 1 aliphatic heterocycles. The summed E-state index contributed by atoms with van der Waals surface area (Å²) in [6, 6.07) is 11.7. The molecule has 1 amide bonds. The SMILES string of the molecule is CCCCN(CC(=O)c1cccc(C)c1)CC(C)NC(=O)C/C=C\C1=C(C)C(c2ccncc2)NN1. The maximum atomic E-state index is 12.8. The van der Waals surface area contributed by atoms with Crippen molar-refractivity contribution in [2.75, 3.05) is 19.6 Å². The maximum absolute atomic E-state index is 12.8. The number of rotatable bonds is 13. The molecule has 1 aliphatic rings. The summed E-state index contributed by atoms with van der Waals surface area (Å²) in [7, 11) is 0. The minimum atomic E-state index is -0.0589. The van der Waals surface area contributed by atoms with Crippen molar-refractivity contribution >= 4 is 11.7 Å². The first kappa shape index (κ1) is 27.3. The van der Waals surface area contributed by atoms with E-state index in [4.69, 9.17) is 0 Å². The van der Waals surface area contributed by atoms with Gasteiger partial charge in [-0.3, -0.25) is 19.5 Å². The van der Waals surface area contributed by atoms with Crippen molar-refractivity contribution in [3.05, 3.63) is 88.9 Å². The van der Waals surface area contributed by atoms with E-state index in [2.05, 4.69) is 39.9 Å². The van der Waals surface area contributed by atoms with Crippen LogP contribution in [0.15, 0.2) is 72.2 Å². The first-order valence-corrected chi connectivity index (χ1v) is 12.8. The van der Waals surface area contributed by atoms with Gasteiger partial charge in [0.2, 0.25) is 5.91 Å². The van der Waals surface area contributed by atoms with Crippen LogP contribution in [0.5, 0.6) is 0 Å². The third-order valence-corrected chi connectivity index (χ3v) is 6.31. The lowest BCUT2D eigenvalue weighted by atomic mass is 10.0. The Bertz CT molecular complexity index is 1080. The van der Waals surface area contributed by atoms with Crippen molar-refractivity contribution in [3.8, 4) is 0 Å². The highest BCUT2D eigenvalue weighted by molar-refractivity contribution is 5.97. The standard InChI is InChI=1S/C29H39N5O2/c1-5-6-17-34(20-27(35)25-10-7-9-21(2)18-25)19-22(3)31-28(36)12-8-11-26-23(4)29(33-32-26)24-13-15-30-16-14-24/h7-11,13-16,18,22,29,32-33H,5-6,12,17,19-20H2,1-4H3,(H,31,36)/b11-8-. The molecular weight excluding hydrogens is 450 g/mol. The van der Waals surface area contributed by atoms with Gasteiger partial charge in [0.1, 0.15) is 0 Å². The van der Waals surface area contributed by atoms with Crippen LogP contribution in [-0.4, -0.2) is 47.3 Å². The first-order chi connectivity index (χ1) is 17.4. The zero-order valence-corrected chi connectivity index (χ0v) is 21.9. The van der Waals surface area contributed by atoms with Crippen LogP contribution < -0.4 is 16.2 Å². The molecule has 7 nitrogen and oxygen atoms in total. The molecule has 1 aromatic carbocycles. The number of carbonyl (C=O) groups excluding carboxylic acids is 2. The highest BCUT2D eigenvalue weighted by atomic mass is 16.1. The Kier molecular flexibility index (Phi) is 10.4. The molecule has 3 rings (SSSR count). The van der Waals surface area contributed by atoms with E-state index in [1.54, 1.807) is 12.4 Å². The molecule has 36 heavy (non-hydrogen) atoms. The highest BCUT2D eigenvalue weighted by Crippen LogP contribution is 2.26. The fourth-order valence-corrected chi connectivity index (χ4v) is 4.35. The number of pyridine rings is 1. The van der Waals surface area contributed by atoms with Crippen molar-refractivity contribution in [2.45, 2.75) is 59.0 Å². The van der Waals surface area contributed by atoms with Gasteiger partial charge in [-0.25, -0.2) is 5.43 Å². The molecule has 192 valence electrons. The number of Topliss-reactive ketones (excluding diaryl/α,β-unsaturated/α-hetero) is 1. The minimum Gasteiger partial charge on any atom is -0.352 e. The van der Waals surface area contributed by atoms with Crippen LogP contribution in [0.25, 0.3) is 0 Å². The van der Waals surface area contributed by atoms with E-state index in [1.807, 2.05) is 62.4 Å². The monoisotopic (exact) mass is 489 g/mol. The van der Waals surface area contributed by atoms with Gasteiger partial charge < -0.3 is 10.7 Å². The number of nitrogens with one attached hydrogen (secondary N) is 3. The molecule has 1 aromatic heterocycles. The Balaban J connectivity index is 1.50. The smallest absolute Gasteiger partial charge is 0.224 e. The quantitative estimate of drug-likeness (QED) is 0.365. The number of ketones is 1. The van der Waals surface area contributed by atoms with Gasteiger partial charge in [0.25, 0.3) is 0 Å². The lowest BCUT2D eigenvalue weighted by molar-refractivity contribution is -0.120. The maximum Gasteiger partial charge on any atom is 0.224 e.